The highest BCUT2D eigenvalue weighted by atomic mass is 16.6. The molecule has 1 aromatic carbocycles. The van der Waals surface area contributed by atoms with Crippen LogP contribution in [0.3, 0.4) is 0 Å². The Morgan fingerprint density at radius 1 is 1.36 bits per heavy atom. The van der Waals surface area contributed by atoms with Crippen molar-refractivity contribution in [1.82, 2.24) is 9.78 Å². The summed E-state index contributed by atoms with van der Waals surface area (Å²) in [5.41, 5.74) is 0.643. The Hall–Kier alpha value is -2.04. The van der Waals surface area contributed by atoms with Gasteiger partial charge in [0.25, 0.3) is 0 Å². The smallest absolute Gasteiger partial charge is 0.444 e. The molecule has 0 spiro atoms. The Balaban J connectivity index is 2.52. The van der Waals surface area contributed by atoms with Gasteiger partial charge in [0.1, 0.15) is 0 Å². The highest BCUT2D eigenvalue weighted by Gasteiger charge is 2.08. The maximum atomic E-state index is 11.3. The summed E-state index contributed by atoms with van der Waals surface area (Å²) in [5.74, 6) is -0.562. The lowest BCUT2D eigenvalue weighted by molar-refractivity contribution is 0.282. The lowest BCUT2D eigenvalue weighted by Gasteiger charge is -1.94. The molecule has 5 heteroatoms. The van der Waals surface area contributed by atoms with Gasteiger partial charge in [0.15, 0.2) is 0 Å². The van der Waals surface area contributed by atoms with Crippen molar-refractivity contribution in [2.75, 3.05) is 7.11 Å². The quantitative estimate of drug-likeness (QED) is 0.707. The monoisotopic (exact) mass is 192 g/mol. The molecule has 0 saturated heterocycles. The molecule has 72 valence electrons. The highest BCUT2D eigenvalue weighted by molar-refractivity contribution is 5.29. The van der Waals surface area contributed by atoms with Crippen molar-refractivity contribution in [3.63, 3.8) is 0 Å². The third-order valence-corrected chi connectivity index (χ3v) is 1.70. The van der Waals surface area contributed by atoms with Crippen LogP contribution in [0, 0.1) is 0 Å². The van der Waals surface area contributed by atoms with Gasteiger partial charge < -0.3 is 9.15 Å². The molecule has 2 rings (SSSR count). The average molecular weight is 192 g/mol. The lowest BCUT2D eigenvalue weighted by Crippen LogP contribution is -2.12. The van der Waals surface area contributed by atoms with Crippen molar-refractivity contribution in [2.45, 2.75) is 0 Å². The summed E-state index contributed by atoms with van der Waals surface area (Å²) in [4.78, 5) is 11.3. The zero-order valence-electron chi connectivity index (χ0n) is 7.51. The van der Waals surface area contributed by atoms with Gasteiger partial charge in [-0.1, -0.05) is 23.3 Å². The maximum absolute atomic E-state index is 11.3. The molecule has 5 nitrogen and oxygen atoms in total. The Kier molecular flexibility index (Phi) is 2.06. The molecule has 14 heavy (non-hydrogen) atoms. The number of hydrogen-bond donors (Lipinski definition) is 0. The first-order valence-corrected chi connectivity index (χ1v) is 4.01. The summed E-state index contributed by atoms with van der Waals surface area (Å²) in [6.45, 7) is 0. The number of methoxy groups -OCH3 is 1. The lowest BCUT2D eigenvalue weighted by atomic mass is 10.3. The molecule has 0 aliphatic heterocycles. The molecule has 0 bridgehead atoms. The Morgan fingerprint density at radius 3 is 2.64 bits per heavy atom. The second-order valence-electron chi connectivity index (χ2n) is 2.59. The summed E-state index contributed by atoms with van der Waals surface area (Å²) >= 11 is 0. The topological polar surface area (TPSA) is 57.3 Å². The van der Waals surface area contributed by atoms with Crippen molar-refractivity contribution < 1.29 is 9.15 Å². The second-order valence-corrected chi connectivity index (χ2v) is 2.59. The van der Waals surface area contributed by atoms with E-state index in [1.165, 1.54) is 7.11 Å². The van der Waals surface area contributed by atoms with E-state index in [1.807, 2.05) is 18.2 Å². The van der Waals surface area contributed by atoms with Gasteiger partial charge in [0.05, 0.1) is 12.8 Å². The minimum absolute atomic E-state index is 0.0427. The summed E-state index contributed by atoms with van der Waals surface area (Å²) < 4.78 is 10.5. The van der Waals surface area contributed by atoms with Crippen molar-refractivity contribution in [3.8, 4) is 11.8 Å². The molecule has 1 heterocycles. The van der Waals surface area contributed by atoms with E-state index in [0.29, 0.717) is 5.69 Å². The fraction of sp³-hybridized carbons (Fsp3) is 0.111. The summed E-state index contributed by atoms with van der Waals surface area (Å²) in [6, 6.07) is 8.98. The van der Waals surface area contributed by atoms with Crippen molar-refractivity contribution in [3.05, 3.63) is 40.9 Å². The van der Waals surface area contributed by atoms with E-state index in [2.05, 4.69) is 5.10 Å². The molecule has 0 radical (unpaired) electrons. The van der Waals surface area contributed by atoms with Gasteiger partial charge in [0.2, 0.25) is 0 Å². The molecular formula is C9H8N2O3. The largest absolute Gasteiger partial charge is 0.452 e. The molecule has 1 aromatic heterocycles. The highest BCUT2D eigenvalue weighted by Crippen LogP contribution is 2.06. The standard InChI is InChI=1S/C9H8N2O3/c1-13-8-10-11(9(12)14-8)7-5-3-2-4-6-7/h2-6H,1H3. The molecule has 0 fully saturated rings. The minimum atomic E-state index is -0.562. The van der Waals surface area contributed by atoms with E-state index < -0.39 is 5.76 Å². The maximum Gasteiger partial charge on any atom is 0.444 e. The number of benzene rings is 1. The van der Waals surface area contributed by atoms with E-state index >= 15 is 0 Å². The van der Waals surface area contributed by atoms with Gasteiger partial charge in [0, 0.05) is 0 Å². The molecule has 0 unspecified atom stereocenters. The first-order chi connectivity index (χ1) is 6.81. The number of nitrogens with zero attached hydrogens (tertiary/aromatic N) is 2. The molecule has 0 atom stereocenters. The van der Waals surface area contributed by atoms with Crippen LogP contribution in [0.4, 0.5) is 0 Å². The van der Waals surface area contributed by atoms with Gasteiger partial charge in [-0.25, -0.2) is 4.79 Å². The number of hydrogen-bond acceptors (Lipinski definition) is 4. The molecule has 0 aliphatic rings. The van der Waals surface area contributed by atoms with Crippen molar-refractivity contribution in [2.24, 2.45) is 0 Å². The predicted octanol–water partition coefficient (Wildman–Crippen LogP) is 0.834. The van der Waals surface area contributed by atoms with E-state index in [0.717, 1.165) is 4.68 Å². The van der Waals surface area contributed by atoms with Gasteiger partial charge in [-0.05, 0) is 12.1 Å². The van der Waals surface area contributed by atoms with Gasteiger partial charge in [-0.15, -0.1) is 0 Å². The fourth-order valence-corrected chi connectivity index (χ4v) is 1.08. The van der Waals surface area contributed by atoms with E-state index in [1.54, 1.807) is 12.1 Å². The van der Waals surface area contributed by atoms with Crippen LogP contribution in [0.15, 0.2) is 39.5 Å². The Labute approximate surface area is 79.5 Å². The van der Waals surface area contributed by atoms with Crippen LogP contribution in [0.1, 0.15) is 0 Å². The van der Waals surface area contributed by atoms with Crippen LogP contribution in [-0.2, 0) is 0 Å². The Morgan fingerprint density at radius 2 is 2.07 bits per heavy atom. The van der Waals surface area contributed by atoms with Gasteiger partial charge in [-0.2, -0.15) is 4.68 Å². The number of ether oxygens (including phenoxy) is 1. The average Bonchev–Trinajstić information content (AvgIpc) is 2.61. The van der Waals surface area contributed by atoms with Crippen LogP contribution in [0.25, 0.3) is 5.69 Å². The number of aromatic nitrogens is 2. The molecule has 0 aliphatic carbocycles. The van der Waals surface area contributed by atoms with E-state index in [9.17, 15) is 4.79 Å². The molecule has 2 aromatic rings. The van der Waals surface area contributed by atoms with Crippen LogP contribution in [0.5, 0.6) is 6.08 Å². The Bertz CT molecular complexity index is 472. The van der Waals surface area contributed by atoms with Gasteiger partial charge >= 0.3 is 11.8 Å². The first kappa shape index (κ1) is 8.55. The molecular weight excluding hydrogens is 184 g/mol. The SMILES string of the molecule is COc1nn(-c2ccccc2)c(=O)o1. The van der Waals surface area contributed by atoms with E-state index in [-0.39, 0.29) is 6.08 Å². The number of rotatable bonds is 2. The van der Waals surface area contributed by atoms with Crippen LogP contribution < -0.4 is 10.5 Å². The minimum Gasteiger partial charge on any atom is -0.452 e. The fourth-order valence-electron chi connectivity index (χ4n) is 1.08. The predicted molar refractivity (Wildman–Crippen MR) is 48.7 cm³/mol. The zero-order valence-corrected chi connectivity index (χ0v) is 7.51. The molecule has 0 N–H and O–H groups in total. The third kappa shape index (κ3) is 1.39. The van der Waals surface area contributed by atoms with Crippen molar-refractivity contribution >= 4 is 0 Å². The first-order valence-electron chi connectivity index (χ1n) is 4.01. The summed E-state index contributed by atoms with van der Waals surface area (Å²) in [5, 5.41) is 3.81. The van der Waals surface area contributed by atoms with Crippen LogP contribution in [-0.4, -0.2) is 16.9 Å². The number of para-hydroxylation sites is 1. The van der Waals surface area contributed by atoms with Gasteiger partial charge in [-0.3, -0.25) is 0 Å². The van der Waals surface area contributed by atoms with E-state index in [4.69, 9.17) is 9.15 Å². The summed E-state index contributed by atoms with van der Waals surface area (Å²) in [6.07, 6.45) is -0.0427. The molecule has 0 amide bonds. The van der Waals surface area contributed by atoms with Crippen LogP contribution >= 0.6 is 0 Å². The molecule has 0 saturated carbocycles. The van der Waals surface area contributed by atoms with Crippen molar-refractivity contribution in [1.29, 1.82) is 0 Å². The summed E-state index contributed by atoms with van der Waals surface area (Å²) in [7, 11) is 1.39. The third-order valence-electron chi connectivity index (χ3n) is 1.70. The normalized spacial score (nSPS) is 10.1. The zero-order chi connectivity index (χ0) is 9.97. The second kappa shape index (κ2) is 3.37. The van der Waals surface area contributed by atoms with Crippen LogP contribution in [0.2, 0.25) is 0 Å².